The van der Waals surface area contributed by atoms with E-state index >= 15 is 0 Å². The number of nitrogens with one attached hydrogen (secondary N) is 1. The molecule has 1 unspecified atom stereocenters. The number of likely N-dealkylation sites (tertiary alicyclic amines) is 2. The molecule has 1 N–H and O–H groups in total. The van der Waals surface area contributed by atoms with Crippen molar-refractivity contribution < 1.29 is 4.74 Å². The zero-order valence-electron chi connectivity index (χ0n) is 14.7. The highest BCUT2D eigenvalue weighted by molar-refractivity contribution is 5.80. The molecule has 0 spiro atoms. The van der Waals surface area contributed by atoms with Crippen LogP contribution in [0.5, 0.6) is 0 Å². The Kier molecular flexibility index (Phi) is 6.54. The van der Waals surface area contributed by atoms with Crippen molar-refractivity contribution in [2.75, 3.05) is 72.1 Å². The first-order valence-corrected chi connectivity index (χ1v) is 9.44. The molecule has 6 nitrogen and oxygen atoms in total. The van der Waals surface area contributed by atoms with Crippen molar-refractivity contribution in [1.82, 2.24) is 20.0 Å². The third-order valence-electron chi connectivity index (χ3n) is 5.24. The molecule has 0 aromatic rings. The average Bonchev–Trinajstić information content (AvgIpc) is 3.27. The molecule has 3 rings (SSSR count). The van der Waals surface area contributed by atoms with E-state index < -0.39 is 0 Å². The number of nitrogens with zero attached hydrogens (tertiary/aromatic N) is 4. The Morgan fingerprint density at radius 3 is 2.65 bits per heavy atom. The van der Waals surface area contributed by atoms with Crippen molar-refractivity contribution in [2.24, 2.45) is 4.99 Å². The Morgan fingerprint density at radius 1 is 1.13 bits per heavy atom. The highest BCUT2D eigenvalue weighted by Gasteiger charge is 2.30. The molecule has 3 fully saturated rings. The summed E-state index contributed by atoms with van der Waals surface area (Å²) in [5, 5.41) is 3.49. The van der Waals surface area contributed by atoms with Gasteiger partial charge >= 0.3 is 0 Å². The van der Waals surface area contributed by atoms with E-state index in [1.807, 2.05) is 0 Å². The summed E-state index contributed by atoms with van der Waals surface area (Å²) in [4.78, 5) is 12.5. The Labute approximate surface area is 140 Å². The van der Waals surface area contributed by atoms with Gasteiger partial charge in [-0.2, -0.15) is 0 Å². The second kappa shape index (κ2) is 8.85. The van der Waals surface area contributed by atoms with E-state index in [2.05, 4.69) is 26.9 Å². The summed E-state index contributed by atoms with van der Waals surface area (Å²) in [6, 6.07) is 0.668. The van der Waals surface area contributed by atoms with Crippen LogP contribution in [0, 0.1) is 0 Å². The Hall–Kier alpha value is -0.850. The van der Waals surface area contributed by atoms with Gasteiger partial charge in [-0.25, -0.2) is 0 Å². The molecule has 0 aromatic heterocycles. The molecule has 0 saturated carbocycles. The van der Waals surface area contributed by atoms with E-state index in [1.165, 1.54) is 32.4 Å². The molecule has 132 valence electrons. The summed E-state index contributed by atoms with van der Waals surface area (Å²) in [6.45, 7) is 13.8. The smallest absolute Gasteiger partial charge is 0.194 e. The van der Waals surface area contributed by atoms with E-state index in [0.29, 0.717) is 6.04 Å². The topological polar surface area (TPSA) is 43.3 Å². The first-order valence-electron chi connectivity index (χ1n) is 9.44. The van der Waals surface area contributed by atoms with Crippen LogP contribution >= 0.6 is 0 Å². The standard InChI is InChI=1S/C17H33N5O/c1-2-18-17(19-6-10-20-7-3-4-8-20)22-9-5-16(15-22)21-11-13-23-14-12-21/h16H,2-15H2,1H3,(H,18,19). The lowest BCUT2D eigenvalue weighted by molar-refractivity contribution is 0.0195. The number of aliphatic imine (C=N–C) groups is 1. The molecule has 23 heavy (non-hydrogen) atoms. The van der Waals surface area contributed by atoms with E-state index in [9.17, 15) is 0 Å². The summed E-state index contributed by atoms with van der Waals surface area (Å²) in [7, 11) is 0. The van der Waals surface area contributed by atoms with Crippen molar-refractivity contribution in [2.45, 2.75) is 32.2 Å². The average molecular weight is 323 g/mol. The van der Waals surface area contributed by atoms with Crippen LogP contribution in [0.2, 0.25) is 0 Å². The lowest BCUT2D eigenvalue weighted by Crippen LogP contribution is -2.46. The lowest BCUT2D eigenvalue weighted by atomic mass is 10.2. The molecule has 0 aliphatic carbocycles. The van der Waals surface area contributed by atoms with Crippen LogP contribution < -0.4 is 5.32 Å². The molecule has 3 heterocycles. The first kappa shape index (κ1) is 17.0. The molecular weight excluding hydrogens is 290 g/mol. The molecule has 6 heteroatoms. The van der Waals surface area contributed by atoms with Crippen LogP contribution in [-0.4, -0.2) is 98.8 Å². The van der Waals surface area contributed by atoms with Gasteiger partial charge in [-0.15, -0.1) is 0 Å². The lowest BCUT2D eigenvalue weighted by Gasteiger charge is -2.32. The second-order valence-electron chi connectivity index (χ2n) is 6.82. The van der Waals surface area contributed by atoms with E-state index in [4.69, 9.17) is 9.73 Å². The van der Waals surface area contributed by atoms with Crippen LogP contribution in [0.25, 0.3) is 0 Å². The van der Waals surface area contributed by atoms with E-state index in [0.717, 1.165) is 65.0 Å². The highest BCUT2D eigenvalue weighted by Crippen LogP contribution is 2.17. The third kappa shape index (κ3) is 4.81. The zero-order valence-corrected chi connectivity index (χ0v) is 14.7. The van der Waals surface area contributed by atoms with Crippen LogP contribution in [-0.2, 0) is 4.74 Å². The van der Waals surface area contributed by atoms with E-state index in [-0.39, 0.29) is 0 Å². The second-order valence-corrected chi connectivity index (χ2v) is 6.82. The first-order chi connectivity index (χ1) is 11.4. The van der Waals surface area contributed by atoms with Gasteiger partial charge in [0.05, 0.1) is 19.8 Å². The number of ether oxygens (including phenoxy) is 1. The molecule has 0 radical (unpaired) electrons. The number of hydrogen-bond donors (Lipinski definition) is 1. The summed E-state index contributed by atoms with van der Waals surface area (Å²) in [6.07, 6.45) is 3.96. The number of morpholine rings is 1. The quantitative estimate of drug-likeness (QED) is 0.588. The minimum atomic E-state index is 0.668. The Balaban J connectivity index is 1.49. The van der Waals surface area contributed by atoms with Crippen LogP contribution in [0.4, 0.5) is 0 Å². The molecule has 0 bridgehead atoms. The van der Waals surface area contributed by atoms with Crippen molar-refractivity contribution in [3.8, 4) is 0 Å². The number of guanidine groups is 1. The molecule has 1 atom stereocenters. The molecular formula is C17H33N5O. The Bertz CT molecular complexity index is 377. The highest BCUT2D eigenvalue weighted by atomic mass is 16.5. The van der Waals surface area contributed by atoms with Crippen LogP contribution in [0.3, 0.4) is 0 Å². The van der Waals surface area contributed by atoms with Crippen LogP contribution in [0.15, 0.2) is 4.99 Å². The SMILES string of the molecule is CCNC(=NCCN1CCCC1)N1CCC(N2CCOCC2)C1. The van der Waals surface area contributed by atoms with Gasteiger partial charge in [0.2, 0.25) is 0 Å². The molecule has 0 amide bonds. The maximum atomic E-state index is 5.48. The van der Waals surface area contributed by atoms with Crippen molar-refractivity contribution in [3.63, 3.8) is 0 Å². The number of hydrogen-bond acceptors (Lipinski definition) is 4. The molecule has 3 aliphatic heterocycles. The normalized spacial score (nSPS) is 27.8. The minimum absolute atomic E-state index is 0.668. The molecule has 3 aliphatic rings. The fourth-order valence-electron chi connectivity index (χ4n) is 3.90. The van der Waals surface area contributed by atoms with Gasteiger partial charge in [0.1, 0.15) is 0 Å². The largest absolute Gasteiger partial charge is 0.379 e. The van der Waals surface area contributed by atoms with Crippen molar-refractivity contribution >= 4 is 5.96 Å². The van der Waals surface area contributed by atoms with Gasteiger partial charge in [-0.1, -0.05) is 0 Å². The zero-order chi connectivity index (χ0) is 15.9. The predicted molar refractivity (Wildman–Crippen MR) is 94.0 cm³/mol. The van der Waals surface area contributed by atoms with Crippen molar-refractivity contribution in [1.29, 1.82) is 0 Å². The minimum Gasteiger partial charge on any atom is -0.379 e. The summed E-state index contributed by atoms with van der Waals surface area (Å²) >= 11 is 0. The van der Waals surface area contributed by atoms with Gasteiger partial charge in [0, 0.05) is 45.3 Å². The van der Waals surface area contributed by atoms with Gasteiger partial charge in [0.15, 0.2) is 5.96 Å². The fourth-order valence-corrected chi connectivity index (χ4v) is 3.90. The van der Waals surface area contributed by atoms with Crippen molar-refractivity contribution in [3.05, 3.63) is 0 Å². The monoisotopic (exact) mass is 323 g/mol. The third-order valence-corrected chi connectivity index (χ3v) is 5.24. The van der Waals surface area contributed by atoms with Gasteiger partial charge in [-0.05, 0) is 39.3 Å². The summed E-state index contributed by atoms with van der Waals surface area (Å²) in [5.74, 6) is 1.11. The maximum Gasteiger partial charge on any atom is 0.194 e. The van der Waals surface area contributed by atoms with Crippen LogP contribution in [0.1, 0.15) is 26.2 Å². The van der Waals surface area contributed by atoms with Gasteiger partial charge in [0.25, 0.3) is 0 Å². The van der Waals surface area contributed by atoms with Gasteiger partial charge in [-0.3, -0.25) is 9.89 Å². The van der Waals surface area contributed by atoms with E-state index in [1.54, 1.807) is 0 Å². The summed E-state index contributed by atoms with van der Waals surface area (Å²) in [5.41, 5.74) is 0. The molecule has 0 aromatic carbocycles. The van der Waals surface area contributed by atoms with Gasteiger partial charge < -0.3 is 19.9 Å². The Morgan fingerprint density at radius 2 is 1.91 bits per heavy atom. The predicted octanol–water partition coefficient (Wildman–Crippen LogP) is 0.454. The number of rotatable bonds is 5. The fraction of sp³-hybridized carbons (Fsp3) is 0.941. The maximum absolute atomic E-state index is 5.48. The molecule has 3 saturated heterocycles. The summed E-state index contributed by atoms with van der Waals surface area (Å²) < 4.78 is 5.48.